The minimum Gasteiger partial charge on any atom is -0.465 e. The SMILES string of the molecule is CSCCCCn1c(C(NC(=O)O)C2CC2)nc2cccc(Cl)c2c1=O. The molecule has 1 aromatic carbocycles. The maximum absolute atomic E-state index is 13.1. The molecule has 0 bridgehead atoms. The Kier molecular flexibility index (Phi) is 6.09. The lowest BCUT2D eigenvalue weighted by Gasteiger charge is -2.21. The van der Waals surface area contributed by atoms with Crippen molar-refractivity contribution in [1.29, 1.82) is 0 Å². The van der Waals surface area contributed by atoms with Gasteiger partial charge in [-0.1, -0.05) is 17.7 Å². The first-order chi connectivity index (χ1) is 12.5. The molecule has 2 aromatic rings. The van der Waals surface area contributed by atoms with Gasteiger partial charge < -0.3 is 10.4 Å². The Hall–Kier alpha value is -1.73. The van der Waals surface area contributed by atoms with Crippen molar-refractivity contribution < 1.29 is 9.90 Å². The summed E-state index contributed by atoms with van der Waals surface area (Å²) in [6.45, 7) is 0.507. The largest absolute Gasteiger partial charge is 0.465 e. The van der Waals surface area contributed by atoms with E-state index in [1.165, 1.54) is 0 Å². The first kappa shape index (κ1) is 19.0. The van der Waals surface area contributed by atoms with E-state index in [2.05, 4.69) is 16.6 Å². The number of thioether (sulfide) groups is 1. The first-order valence-electron chi connectivity index (χ1n) is 8.70. The Bertz CT molecular complexity index is 867. The predicted molar refractivity (Wildman–Crippen MR) is 105 cm³/mol. The minimum atomic E-state index is -1.10. The quantitative estimate of drug-likeness (QED) is 0.662. The Labute approximate surface area is 160 Å². The monoisotopic (exact) mass is 395 g/mol. The summed E-state index contributed by atoms with van der Waals surface area (Å²) in [5.41, 5.74) is 0.313. The van der Waals surface area contributed by atoms with Crippen molar-refractivity contribution in [2.24, 2.45) is 5.92 Å². The summed E-state index contributed by atoms with van der Waals surface area (Å²) in [6.07, 6.45) is 4.62. The topological polar surface area (TPSA) is 84.2 Å². The van der Waals surface area contributed by atoms with Gasteiger partial charge >= 0.3 is 6.09 Å². The molecule has 0 spiro atoms. The van der Waals surface area contributed by atoms with Gasteiger partial charge in [-0.05, 0) is 55.7 Å². The molecule has 1 atom stereocenters. The van der Waals surface area contributed by atoms with Crippen LogP contribution < -0.4 is 10.9 Å². The third kappa shape index (κ3) is 4.15. The number of rotatable bonds is 8. The van der Waals surface area contributed by atoms with Crippen LogP contribution in [0.25, 0.3) is 10.9 Å². The van der Waals surface area contributed by atoms with E-state index in [4.69, 9.17) is 11.6 Å². The lowest BCUT2D eigenvalue weighted by Crippen LogP contribution is -2.35. The van der Waals surface area contributed by atoms with E-state index < -0.39 is 12.1 Å². The summed E-state index contributed by atoms with van der Waals surface area (Å²) in [5.74, 6) is 1.71. The maximum Gasteiger partial charge on any atom is 0.405 e. The van der Waals surface area contributed by atoms with Crippen molar-refractivity contribution in [3.63, 3.8) is 0 Å². The number of hydrogen-bond acceptors (Lipinski definition) is 4. The van der Waals surface area contributed by atoms with E-state index in [1.54, 1.807) is 34.5 Å². The molecule has 140 valence electrons. The van der Waals surface area contributed by atoms with Gasteiger partial charge in [0.05, 0.1) is 22.0 Å². The van der Waals surface area contributed by atoms with E-state index in [9.17, 15) is 14.7 Å². The Morgan fingerprint density at radius 2 is 2.23 bits per heavy atom. The number of nitrogens with zero attached hydrogens (tertiary/aromatic N) is 2. The van der Waals surface area contributed by atoms with Crippen molar-refractivity contribution in [2.45, 2.75) is 38.3 Å². The number of halogens is 1. The molecule has 6 nitrogen and oxygen atoms in total. The predicted octanol–water partition coefficient (Wildman–Crippen LogP) is 3.91. The van der Waals surface area contributed by atoms with Gasteiger partial charge in [-0.3, -0.25) is 9.36 Å². The average Bonchev–Trinajstić information content (AvgIpc) is 3.42. The van der Waals surface area contributed by atoms with Gasteiger partial charge in [0.25, 0.3) is 5.56 Å². The number of aromatic nitrogens is 2. The molecule has 0 radical (unpaired) electrons. The van der Waals surface area contributed by atoms with Crippen LogP contribution in [0.5, 0.6) is 0 Å². The summed E-state index contributed by atoms with van der Waals surface area (Å²) in [6, 6.07) is 4.71. The fraction of sp³-hybridized carbons (Fsp3) is 0.500. The number of amides is 1. The van der Waals surface area contributed by atoms with Crippen LogP contribution in [-0.2, 0) is 6.54 Å². The molecule has 1 aliphatic carbocycles. The standard InChI is InChI=1S/C18H22ClN3O3S/c1-26-10-3-2-9-22-16(15(11-7-8-11)21-18(24)25)20-13-6-4-5-12(19)14(13)17(22)23/h4-6,11,15,21H,2-3,7-10H2,1H3,(H,24,25). The molecule has 0 saturated heterocycles. The van der Waals surface area contributed by atoms with Crippen LogP contribution in [-0.4, -0.2) is 32.8 Å². The lowest BCUT2D eigenvalue weighted by molar-refractivity contribution is 0.187. The third-order valence-corrected chi connectivity index (χ3v) is 5.60. The average molecular weight is 396 g/mol. The van der Waals surface area contributed by atoms with Crippen LogP contribution in [0.3, 0.4) is 0 Å². The smallest absolute Gasteiger partial charge is 0.405 e. The molecular formula is C18H22ClN3O3S. The van der Waals surface area contributed by atoms with Crippen LogP contribution in [0.1, 0.15) is 37.5 Å². The van der Waals surface area contributed by atoms with Crippen LogP contribution in [0.4, 0.5) is 4.79 Å². The molecule has 1 unspecified atom stereocenters. The molecule has 1 saturated carbocycles. The fourth-order valence-electron chi connectivity index (χ4n) is 3.17. The molecule has 1 fully saturated rings. The Balaban J connectivity index is 2.09. The molecule has 1 aliphatic rings. The maximum atomic E-state index is 13.1. The van der Waals surface area contributed by atoms with E-state index >= 15 is 0 Å². The van der Waals surface area contributed by atoms with Gasteiger partial charge in [-0.2, -0.15) is 11.8 Å². The first-order valence-corrected chi connectivity index (χ1v) is 10.5. The molecule has 8 heteroatoms. The highest BCUT2D eigenvalue weighted by Crippen LogP contribution is 2.40. The van der Waals surface area contributed by atoms with Crippen LogP contribution in [0, 0.1) is 5.92 Å². The number of nitrogens with one attached hydrogen (secondary N) is 1. The molecule has 0 aliphatic heterocycles. The van der Waals surface area contributed by atoms with Crippen molar-refractivity contribution in [1.82, 2.24) is 14.9 Å². The summed E-state index contributed by atoms with van der Waals surface area (Å²) >= 11 is 8.01. The van der Waals surface area contributed by atoms with E-state index in [0.717, 1.165) is 31.4 Å². The molecule has 1 amide bonds. The highest BCUT2D eigenvalue weighted by atomic mass is 35.5. The third-order valence-electron chi connectivity index (χ3n) is 4.59. The van der Waals surface area contributed by atoms with E-state index in [-0.39, 0.29) is 11.5 Å². The van der Waals surface area contributed by atoms with E-state index in [1.807, 2.05) is 0 Å². The summed E-state index contributed by atoms with van der Waals surface area (Å²) < 4.78 is 1.62. The number of benzene rings is 1. The number of hydrogen-bond donors (Lipinski definition) is 2. The van der Waals surface area contributed by atoms with Crippen molar-refractivity contribution in [3.8, 4) is 0 Å². The zero-order valence-corrected chi connectivity index (χ0v) is 16.1. The molecule has 2 N–H and O–H groups in total. The number of unbranched alkanes of at least 4 members (excludes halogenated alkanes) is 1. The van der Waals surface area contributed by atoms with Crippen LogP contribution in [0.15, 0.2) is 23.0 Å². The van der Waals surface area contributed by atoms with Gasteiger partial charge in [0.2, 0.25) is 0 Å². The zero-order chi connectivity index (χ0) is 18.7. The second kappa shape index (κ2) is 8.31. The Morgan fingerprint density at radius 3 is 2.88 bits per heavy atom. The van der Waals surface area contributed by atoms with Crippen molar-refractivity contribution >= 4 is 40.4 Å². The van der Waals surface area contributed by atoms with Gasteiger partial charge in [0.15, 0.2) is 0 Å². The van der Waals surface area contributed by atoms with Gasteiger partial charge in [0, 0.05) is 6.54 Å². The fourth-order valence-corrected chi connectivity index (χ4v) is 3.91. The molecule has 26 heavy (non-hydrogen) atoms. The molecule has 1 heterocycles. The molecular weight excluding hydrogens is 374 g/mol. The molecule has 3 rings (SSSR count). The van der Waals surface area contributed by atoms with Gasteiger partial charge in [-0.15, -0.1) is 0 Å². The highest BCUT2D eigenvalue weighted by Gasteiger charge is 2.36. The normalized spacial score (nSPS) is 15.2. The zero-order valence-electron chi connectivity index (χ0n) is 14.6. The lowest BCUT2D eigenvalue weighted by atomic mass is 10.1. The molecule has 1 aromatic heterocycles. The second-order valence-corrected chi connectivity index (χ2v) is 7.92. The van der Waals surface area contributed by atoms with Gasteiger partial charge in [-0.25, -0.2) is 9.78 Å². The second-order valence-electron chi connectivity index (χ2n) is 6.53. The van der Waals surface area contributed by atoms with Crippen LogP contribution in [0.2, 0.25) is 5.02 Å². The van der Waals surface area contributed by atoms with Crippen LogP contribution >= 0.6 is 23.4 Å². The summed E-state index contributed by atoms with van der Waals surface area (Å²) in [5, 5.41) is 12.6. The minimum absolute atomic E-state index is 0.187. The summed E-state index contributed by atoms with van der Waals surface area (Å²) in [7, 11) is 0. The highest BCUT2D eigenvalue weighted by molar-refractivity contribution is 7.98. The number of carbonyl (C=O) groups is 1. The van der Waals surface area contributed by atoms with Crippen molar-refractivity contribution in [2.75, 3.05) is 12.0 Å². The number of carboxylic acid groups (broad SMARTS) is 1. The van der Waals surface area contributed by atoms with Gasteiger partial charge in [0.1, 0.15) is 5.82 Å². The Morgan fingerprint density at radius 1 is 1.46 bits per heavy atom. The van der Waals surface area contributed by atoms with E-state index in [0.29, 0.717) is 28.3 Å². The summed E-state index contributed by atoms with van der Waals surface area (Å²) in [4.78, 5) is 29.1. The van der Waals surface area contributed by atoms with Crippen molar-refractivity contribution in [3.05, 3.63) is 39.4 Å². The number of fused-ring (bicyclic) bond motifs is 1.